The van der Waals surface area contributed by atoms with Crippen molar-refractivity contribution in [3.63, 3.8) is 0 Å². The molecule has 2 amide bonds. The van der Waals surface area contributed by atoms with Crippen LogP contribution in [0.3, 0.4) is 0 Å². The molecule has 192 valence electrons. The number of aliphatic imine (C=N–C) groups is 1. The van der Waals surface area contributed by atoms with Gasteiger partial charge in [-0.25, -0.2) is 9.38 Å². The van der Waals surface area contributed by atoms with Crippen LogP contribution in [0, 0.1) is 17.7 Å². The zero-order valence-corrected chi connectivity index (χ0v) is 21.3. The highest BCUT2D eigenvalue weighted by atomic mass is 19.1. The first kappa shape index (κ1) is 25.4. The second-order valence-electron chi connectivity index (χ2n) is 10.9. The van der Waals surface area contributed by atoms with Gasteiger partial charge in [0.15, 0.2) is 5.96 Å². The third kappa shape index (κ3) is 5.29. The Morgan fingerprint density at radius 1 is 1.40 bits per heavy atom. The molecule has 0 spiro atoms. The van der Waals surface area contributed by atoms with E-state index in [9.17, 15) is 14.0 Å². The minimum absolute atomic E-state index is 0.0475. The molecular formula is C26H37FN4O4. The molecule has 0 bridgehead atoms. The maximum absolute atomic E-state index is 14.0. The van der Waals surface area contributed by atoms with Gasteiger partial charge in [0.1, 0.15) is 17.2 Å². The Balaban J connectivity index is 1.51. The summed E-state index contributed by atoms with van der Waals surface area (Å²) >= 11 is 0. The standard InChI is InChI=1S/C26H37FN4O4/c1-6-26(4)14-22(32)31(24(28)30-26)20(9-10-34-5)16-12-17(16)23(33)29-19-13-25(2,3)35-21-8-7-15(27)11-18(19)21/h7-8,11,16-17,19-20H,6,9-10,12-14H2,1-5H3,(H2,28,30)(H,29,33)/t16-,17-,19?,20+,26+/m0/s1. The van der Waals surface area contributed by atoms with E-state index in [4.69, 9.17) is 15.2 Å². The molecule has 1 aliphatic carbocycles. The molecule has 1 saturated carbocycles. The number of guanidine groups is 1. The Morgan fingerprint density at radius 2 is 2.14 bits per heavy atom. The van der Waals surface area contributed by atoms with Gasteiger partial charge in [0.2, 0.25) is 11.8 Å². The number of fused-ring (bicyclic) bond motifs is 1. The number of benzene rings is 1. The van der Waals surface area contributed by atoms with Gasteiger partial charge in [0.25, 0.3) is 0 Å². The molecule has 1 unspecified atom stereocenters. The maximum Gasteiger partial charge on any atom is 0.231 e. The Hall–Kier alpha value is -2.68. The fourth-order valence-corrected chi connectivity index (χ4v) is 5.42. The Morgan fingerprint density at radius 3 is 2.80 bits per heavy atom. The Bertz CT molecular complexity index is 1030. The van der Waals surface area contributed by atoms with Gasteiger partial charge in [-0.1, -0.05) is 6.92 Å². The van der Waals surface area contributed by atoms with Crippen LogP contribution in [0.4, 0.5) is 4.39 Å². The molecule has 8 nitrogen and oxygen atoms in total. The van der Waals surface area contributed by atoms with Crippen molar-refractivity contribution >= 4 is 17.8 Å². The summed E-state index contributed by atoms with van der Waals surface area (Å²) in [5, 5.41) is 3.13. The Kier molecular flexibility index (Phi) is 6.83. The summed E-state index contributed by atoms with van der Waals surface area (Å²) in [6.07, 6.45) is 2.74. The van der Waals surface area contributed by atoms with Crippen LogP contribution in [0.2, 0.25) is 0 Å². The van der Waals surface area contributed by atoms with Gasteiger partial charge in [-0.2, -0.15) is 0 Å². The average molecular weight is 489 g/mol. The number of hydrogen-bond acceptors (Lipinski definition) is 6. The summed E-state index contributed by atoms with van der Waals surface area (Å²) < 4.78 is 25.3. The molecule has 0 radical (unpaired) electrons. The molecule has 0 aromatic heterocycles. The highest BCUT2D eigenvalue weighted by Crippen LogP contribution is 2.47. The number of carbonyl (C=O) groups excluding carboxylic acids is 2. The molecule has 5 atom stereocenters. The van der Waals surface area contributed by atoms with E-state index < -0.39 is 11.1 Å². The van der Waals surface area contributed by atoms with Crippen LogP contribution < -0.4 is 15.8 Å². The highest BCUT2D eigenvalue weighted by Gasteiger charge is 2.52. The van der Waals surface area contributed by atoms with E-state index in [1.165, 1.54) is 12.1 Å². The van der Waals surface area contributed by atoms with Crippen molar-refractivity contribution in [2.75, 3.05) is 13.7 Å². The van der Waals surface area contributed by atoms with Crippen molar-refractivity contribution < 1.29 is 23.5 Å². The zero-order valence-electron chi connectivity index (χ0n) is 21.3. The third-order valence-corrected chi connectivity index (χ3v) is 7.56. The number of halogens is 1. The molecule has 4 rings (SSSR count). The van der Waals surface area contributed by atoms with E-state index in [0.717, 1.165) is 0 Å². The van der Waals surface area contributed by atoms with Crippen LogP contribution in [-0.4, -0.2) is 53.6 Å². The van der Waals surface area contributed by atoms with Gasteiger partial charge in [-0.3, -0.25) is 14.5 Å². The summed E-state index contributed by atoms with van der Waals surface area (Å²) in [7, 11) is 1.61. The number of rotatable bonds is 8. The monoisotopic (exact) mass is 488 g/mol. The van der Waals surface area contributed by atoms with E-state index >= 15 is 0 Å². The summed E-state index contributed by atoms with van der Waals surface area (Å²) in [6, 6.07) is 3.78. The van der Waals surface area contributed by atoms with Crippen molar-refractivity contribution in [2.24, 2.45) is 22.6 Å². The van der Waals surface area contributed by atoms with Gasteiger partial charge in [-0.15, -0.1) is 0 Å². The number of nitrogens with zero attached hydrogens (tertiary/aromatic N) is 2. The molecule has 35 heavy (non-hydrogen) atoms. The number of carbonyl (C=O) groups is 2. The first-order valence-electron chi connectivity index (χ1n) is 12.4. The Labute approximate surface area is 206 Å². The topological polar surface area (TPSA) is 106 Å². The van der Waals surface area contributed by atoms with Crippen LogP contribution in [-0.2, 0) is 14.3 Å². The first-order valence-corrected chi connectivity index (χ1v) is 12.4. The number of nitrogens with two attached hydrogens (primary N) is 1. The summed E-state index contributed by atoms with van der Waals surface area (Å²) in [5.74, 6) is -0.0481. The van der Waals surface area contributed by atoms with Crippen molar-refractivity contribution in [1.29, 1.82) is 0 Å². The molecule has 9 heteroatoms. The van der Waals surface area contributed by atoms with Gasteiger partial charge < -0.3 is 20.5 Å². The minimum atomic E-state index is -0.498. The quantitative estimate of drug-likeness (QED) is 0.584. The molecule has 3 N–H and O–H groups in total. The van der Waals surface area contributed by atoms with Crippen LogP contribution >= 0.6 is 0 Å². The molecule has 3 aliphatic rings. The maximum atomic E-state index is 14.0. The lowest BCUT2D eigenvalue weighted by Gasteiger charge is -2.39. The minimum Gasteiger partial charge on any atom is -0.487 e. The zero-order chi connectivity index (χ0) is 25.5. The molecule has 2 heterocycles. The van der Waals surface area contributed by atoms with Gasteiger partial charge in [0, 0.05) is 37.7 Å². The van der Waals surface area contributed by atoms with Gasteiger partial charge in [-0.05, 0) is 64.2 Å². The van der Waals surface area contributed by atoms with Crippen molar-refractivity contribution in [1.82, 2.24) is 10.2 Å². The normalized spacial score (nSPS) is 30.1. The van der Waals surface area contributed by atoms with Crippen LogP contribution in [0.15, 0.2) is 23.2 Å². The predicted molar refractivity (Wildman–Crippen MR) is 130 cm³/mol. The molecule has 1 fully saturated rings. The number of methoxy groups -OCH3 is 1. The summed E-state index contributed by atoms with van der Waals surface area (Å²) in [4.78, 5) is 32.7. The fraction of sp³-hybridized carbons (Fsp3) is 0.654. The van der Waals surface area contributed by atoms with Crippen LogP contribution in [0.1, 0.15) is 71.4 Å². The largest absolute Gasteiger partial charge is 0.487 e. The fourth-order valence-electron chi connectivity index (χ4n) is 5.42. The lowest BCUT2D eigenvalue weighted by atomic mass is 9.89. The van der Waals surface area contributed by atoms with Crippen molar-refractivity contribution in [2.45, 2.75) is 83.0 Å². The van der Waals surface area contributed by atoms with Gasteiger partial charge in [0.05, 0.1) is 18.0 Å². The third-order valence-electron chi connectivity index (χ3n) is 7.56. The highest BCUT2D eigenvalue weighted by molar-refractivity contribution is 5.99. The lowest BCUT2D eigenvalue weighted by Crippen LogP contribution is -2.56. The van der Waals surface area contributed by atoms with Crippen molar-refractivity contribution in [3.8, 4) is 5.75 Å². The second-order valence-corrected chi connectivity index (χ2v) is 10.9. The summed E-state index contributed by atoms with van der Waals surface area (Å²) in [6.45, 7) is 8.27. The average Bonchev–Trinajstić information content (AvgIpc) is 3.56. The molecule has 0 saturated heterocycles. The number of nitrogens with one attached hydrogen (secondary N) is 1. The molecular weight excluding hydrogens is 451 g/mol. The molecule has 1 aromatic carbocycles. The first-order chi connectivity index (χ1) is 16.5. The van der Waals surface area contributed by atoms with Gasteiger partial charge >= 0.3 is 0 Å². The SMILES string of the molecule is CC[C@]1(C)CC(=O)N([C@H](CCOC)[C@H]2C[C@@H]2C(=O)NC2CC(C)(C)Oc3ccc(F)cc32)C(N)=N1. The molecule has 2 aliphatic heterocycles. The number of ether oxygens (including phenoxy) is 2. The van der Waals surface area contributed by atoms with Crippen LogP contribution in [0.5, 0.6) is 5.75 Å². The molecule has 1 aromatic rings. The van der Waals surface area contributed by atoms with Crippen LogP contribution in [0.25, 0.3) is 0 Å². The smallest absolute Gasteiger partial charge is 0.231 e. The van der Waals surface area contributed by atoms with E-state index in [-0.39, 0.29) is 53.9 Å². The van der Waals surface area contributed by atoms with Crippen molar-refractivity contribution in [3.05, 3.63) is 29.6 Å². The van der Waals surface area contributed by atoms with E-state index in [2.05, 4.69) is 10.3 Å². The van der Waals surface area contributed by atoms with E-state index in [0.29, 0.717) is 43.6 Å². The lowest BCUT2D eigenvalue weighted by molar-refractivity contribution is -0.132. The number of hydrogen-bond donors (Lipinski definition) is 2. The predicted octanol–water partition coefficient (Wildman–Crippen LogP) is 3.30. The van der Waals surface area contributed by atoms with E-state index in [1.807, 2.05) is 27.7 Å². The summed E-state index contributed by atoms with van der Waals surface area (Å²) in [5.41, 5.74) is 5.94. The number of amides is 2. The second kappa shape index (κ2) is 9.41. The van der Waals surface area contributed by atoms with E-state index in [1.54, 1.807) is 18.1 Å².